The van der Waals surface area contributed by atoms with Gasteiger partial charge in [-0.3, -0.25) is 9.89 Å². The Bertz CT molecular complexity index is 1260. The predicted octanol–water partition coefficient (Wildman–Crippen LogP) is 6.38. The lowest BCUT2D eigenvalue weighted by molar-refractivity contribution is -0.137. The number of carbonyl (C=O) groups is 1. The van der Waals surface area contributed by atoms with Crippen LogP contribution >= 0.6 is 36.6 Å². The van der Waals surface area contributed by atoms with Gasteiger partial charge in [0, 0.05) is 16.3 Å². The molecule has 0 bridgehead atoms. The molecule has 5 nitrogen and oxygen atoms in total. The molecule has 5 rings (SSSR count). The van der Waals surface area contributed by atoms with E-state index in [1.165, 1.54) is 23.9 Å². The quantitative estimate of drug-likeness (QED) is 0.307. The average Bonchev–Trinajstić information content (AvgIpc) is 3.28. The second-order valence-corrected chi connectivity index (χ2v) is 10.2. The number of hydrogen-bond acceptors (Lipinski definition) is 4. The minimum atomic E-state index is -4.34. The molecule has 2 aliphatic rings. The number of rotatable bonds is 7. The van der Waals surface area contributed by atoms with Crippen molar-refractivity contribution in [3.8, 4) is 0 Å². The molecule has 2 aromatic carbocycles. The van der Waals surface area contributed by atoms with Crippen LogP contribution in [-0.2, 0) is 17.4 Å². The number of nitrogens with one attached hydrogen (secondary N) is 3. The number of amides is 1. The highest BCUT2D eigenvalue weighted by Gasteiger charge is 2.31. The normalized spacial score (nSPS) is 16.4. The van der Waals surface area contributed by atoms with Gasteiger partial charge in [-0.25, -0.2) is 0 Å². The van der Waals surface area contributed by atoms with Crippen LogP contribution in [0.4, 0.5) is 13.2 Å². The molecule has 3 heterocycles. The van der Waals surface area contributed by atoms with E-state index in [9.17, 15) is 18.0 Å². The summed E-state index contributed by atoms with van der Waals surface area (Å²) in [5.41, 5.74) is 1.76. The van der Waals surface area contributed by atoms with Crippen molar-refractivity contribution in [1.29, 1.82) is 0 Å². The number of aromatic amines is 1. The Hall–Kier alpha value is -2.20. The number of H-pyrrole nitrogens is 1. The number of thioether (sulfide) groups is 1. The largest absolute Gasteiger partial charge is 0.416 e. The first kappa shape index (κ1) is 29.4. The molecule has 0 aliphatic carbocycles. The van der Waals surface area contributed by atoms with Crippen molar-refractivity contribution in [2.24, 2.45) is 5.92 Å². The van der Waals surface area contributed by atoms with Crippen LogP contribution < -0.4 is 10.6 Å². The maximum absolute atomic E-state index is 13.3. The summed E-state index contributed by atoms with van der Waals surface area (Å²) in [6.45, 7) is 1.81. The SMILES string of the molecule is Cl.Cl.O=C(NC(CCCc1cccc(C(F)(F)F)c1)C1CCNCC1)C1=Cc2[nH]nc3cccc(c23)S1. The van der Waals surface area contributed by atoms with E-state index < -0.39 is 11.7 Å². The average molecular weight is 574 g/mol. The van der Waals surface area contributed by atoms with Crippen LogP contribution in [0, 0.1) is 5.92 Å². The molecular weight excluding hydrogens is 544 g/mol. The van der Waals surface area contributed by atoms with Gasteiger partial charge in [-0.05, 0) is 81.0 Å². The van der Waals surface area contributed by atoms with Gasteiger partial charge in [-0.2, -0.15) is 18.3 Å². The zero-order valence-electron chi connectivity index (χ0n) is 19.9. The molecule has 37 heavy (non-hydrogen) atoms. The van der Waals surface area contributed by atoms with Gasteiger partial charge >= 0.3 is 6.18 Å². The van der Waals surface area contributed by atoms with Crippen molar-refractivity contribution in [3.05, 3.63) is 64.2 Å². The van der Waals surface area contributed by atoms with Crippen molar-refractivity contribution < 1.29 is 18.0 Å². The molecule has 1 amide bonds. The highest BCUT2D eigenvalue weighted by atomic mass is 35.5. The van der Waals surface area contributed by atoms with E-state index in [0.717, 1.165) is 59.9 Å². The first-order valence-corrected chi connectivity index (χ1v) is 12.7. The molecular formula is C26H29Cl2F3N4OS. The van der Waals surface area contributed by atoms with E-state index in [1.807, 2.05) is 24.3 Å². The monoisotopic (exact) mass is 572 g/mol. The number of benzene rings is 2. The van der Waals surface area contributed by atoms with Crippen LogP contribution in [0.5, 0.6) is 0 Å². The summed E-state index contributed by atoms with van der Waals surface area (Å²) in [5.74, 6) is 0.219. The second kappa shape index (κ2) is 12.6. The number of hydrogen-bond donors (Lipinski definition) is 3. The molecule has 1 aromatic heterocycles. The van der Waals surface area contributed by atoms with Crippen molar-refractivity contribution in [1.82, 2.24) is 20.8 Å². The standard InChI is InChI=1S/C26H27F3N4OS.2ClH/c27-26(28,29)18-6-1-4-16(14-18)5-2-7-19(17-10-12-30-13-11-17)31-25(34)23-15-21-24-20(32-33-21)8-3-9-22(24)35-23;;/h1,3-4,6,8-9,14-15,17,19,30H,2,5,7,10-13H2,(H,31,34)(H,32,33);2*1H. The third-order valence-electron chi connectivity index (χ3n) is 6.79. The summed E-state index contributed by atoms with van der Waals surface area (Å²) >= 11 is 1.45. The van der Waals surface area contributed by atoms with Gasteiger partial charge in [0.05, 0.1) is 21.7 Å². The highest BCUT2D eigenvalue weighted by Crippen LogP contribution is 2.40. The maximum atomic E-state index is 13.3. The number of piperidine rings is 1. The summed E-state index contributed by atoms with van der Waals surface area (Å²) < 4.78 is 39.2. The van der Waals surface area contributed by atoms with Gasteiger partial charge in [0.2, 0.25) is 0 Å². The topological polar surface area (TPSA) is 69.8 Å². The number of nitrogens with zero attached hydrogens (tertiary/aromatic N) is 1. The van der Waals surface area contributed by atoms with E-state index >= 15 is 0 Å². The molecule has 1 unspecified atom stereocenters. The lowest BCUT2D eigenvalue weighted by Crippen LogP contribution is -2.44. The van der Waals surface area contributed by atoms with Gasteiger partial charge in [-0.15, -0.1) is 24.8 Å². The summed E-state index contributed by atoms with van der Waals surface area (Å²) in [6.07, 6.45) is 1.39. The van der Waals surface area contributed by atoms with E-state index in [0.29, 0.717) is 29.2 Å². The van der Waals surface area contributed by atoms with Crippen LogP contribution in [0.25, 0.3) is 17.0 Å². The highest BCUT2D eigenvalue weighted by molar-refractivity contribution is 8.04. The number of carbonyl (C=O) groups excluding carboxylic acids is 1. The Kier molecular flexibility index (Phi) is 9.97. The van der Waals surface area contributed by atoms with Gasteiger partial charge < -0.3 is 10.6 Å². The summed E-state index contributed by atoms with van der Waals surface area (Å²) in [5, 5.41) is 15.0. The van der Waals surface area contributed by atoms with Crippen LogP contribution in [0.15, 0.2) is 52.3 Å². The van der Waals surface area contributed by atoms with E-state index in [-0.39, 0.29) is 36.8 Å². The molecule has 0 radical (unpaired) electrons. The number of alkyl halides is 3. The Balaban J connectivity index is 0.00000190. The molecule has 200 valence electrons. The lowest BCUT2D eigenvalue weighted by Gasteiger charge is -2.32. The van der Waals surface area contributed by atoms with Crippen LogP contribution in [0.3, 0.4) is 0 Å². The summed E-state index contributed by atoms with van der Waals surface area (Å²) in [4.78, 5) is 14.9. The molecule has 0 spiro atoms. The molecule has 3 N–H and O–H groups in total. The molecule has 1 saturated heterocycles. The number of aryl methyl sites for hydroxylation is 1. The third kappa shape index (κ3) is 6.82. The van der Waals surface area contributed by atoms with E-state index in [1.54, 1.807) is 6.07 Å². The number of halogens is 5. The van der Waals surface area contributed by atoms with Gasteiger partial charge in [-0.1, -0.05) is 36.0 Å². The van der Waals surface area contributed by atoms with Gasteiger partial charge in [0.1, 0.15) is 0 Å². The Morgan fingerprint density at radius 1 is 1.14 bits per heavy atom. The van der Waals surface area contributed by atoms with Crippen molar-refractivity contribution in [3.63, 3.8) is 0 Å². The van der Waals surface area contributed by atoms with Crippen molar-refractivity contribution >= 4 is 59.5 Å². The first-order valence-electron chi connectivity index (χ1n) is 11.9. The van der Waals surface area contributed by atoms with Crippen molar-refractivity contribution in [2.75, 3.05) is 13.1 Å². The number of aromatic nitrogens is 2. The smallest absolute Gasteiger partial charge is 0.349 e. The Morgan fingerprint density at radius 3 is 2.65 bits per heavy atom. The molecule has 1 atom stereocenters. The zero-order valence-corrected chi connectivity index (χ0v) is 22.4. The predicted molar refractivity (Wildman–Crippen MR) is 146 cm³/mol. The summed E-state index contributed by atoms with van der Waals surface area (Å²) in [6, 6.07) is 11.4. The van der Waals surface area contributed by atoms with E-state index in [2.05, 4.69) is 20.8 Å². The first-order chi connectivity index (χ1) is 16.9. The molecule has 0 saturated carbocycles. The maximum Gasteiger partial charge on any atom is 0.416 e. The molecule has 11 heteroatoms. The van der Waals surface area contributed by atoms with Gasteiger partial charge in [0.25, 0.3) is 5.91 Å². The molecule has 2 aliphatic heterocycles. The zero-order chi connectivity index (χ0) is 24.4. The fraction of sp³-hybridized carbons (Fsp3) is 0.385. The minimum Gasteiger partial charge on any atom is -0.349 e. The fourth-order valence-corrected chi connectivity index (χ4v) is 6.01. The Morgan fingerprint density at radius 2 is 1.89 bits per heavy atom. The molecule has 3 aromatic rings. The van der Waals surface area contributed by atoms with Crippen molar-refractivity contribution in [2.45, 2.75) is 49.2 Å². The fourth-order valence-electron chi connectivity index (χ4n) is 4.98. The minimum absolute atomic E-state index is 0. The lowest BCUT2D eigenvalue weighted by atomic mass is 9.86. The second-order valence-electron chi connectivity index (χ2n) is 9.16. The Labute approximate surface area is 230 Å². The molecule has 1 fully saturated rings. The third-order valence-corrected chi connectivity index (χ3v) is 7.88. The van der Waals surface area contributed by atoms with E-state index in [4.69, 9.17) is 0 Å². The van der Waals surface area contributed by atoms with Crippen LogP contribution in [-0.4, -0.2) is 35.2 Å². The van der Waals surface area contributed by atoms with Gasteiger partial charge in [0.15, 0.2) is 0 Å². The van der Waals surface area contributed by atoms with Crippen LogP contribution in [0.2, 0.25) is 0 Å². The van der Waals surface area contributed by atoms with Crippen LogP contribution in [0.1, 0.15) is 42.5 Å². The summed E-state index contributed by atoms with van der Waals surface area (Å²) in [7, 11) is 0.